The summed E-state index contributed by atoms with van der Waals surface area (Å²) in [5.41, 5.74) is 1.16. The largest absolute Gasteiger partial charge is 0.508 e. The zero-order chi connectivity index (χ0) is 16.7. The molecule has 0 atom stereocenters. The second-order valence-electron chi connectivity index (χ2n) is 5.67. The Kier molecular flexibility index (Phi) is 6.01. The first-order valence-electron chi connectivity index (χ1n) is 7.69. The van der Waals surface area contributed by atoms with Crippen LogP contribution in [0.5, 0.6) is 5.75 Å². The number of amides is 1. The zero-order valence-corrected chi connectivity index (χ0v) is 13.3. The number of nitrogens with one attached hydrogen (secondary N) is 1. The summed E-state index contributed by atoms with van der Waals surface area (Å²) in [5, 5.41) is 21.2. The van der Waals surface area contributed by atoms with E-state index in [-0.39, 0.29) is 17.2 Å². The van der Waals surface area contributed by atoms with Crippen LogP contribution in [0.15, 0.2) is 36.0 Å². The van der Waals surface area contributed by atoms with Gasteiger partial charge in [0.25, 0.3) is 5.91 Å². The van der Waals surface area contributed by atoms with E-state index < -0.39 is 0 Å². The maximum absolute atomic E-state index is 12.1. The number of phenolic OH excluding ortho intramolecular Hbond substituents is 1. The maximum atomic E-state index is 12.1. The number of carbonyl (C=O) groups excluding carboxylic acids is 1. The van der Waals surface area contributed by atoms with Gasteiger partial charge in [-0.15, -0.1) is 0 Å². The number of likely N-dealkylation sites (N-methyl/N-ethyl adjacent to an activating group) is 1. The summed E-state index contributed by atoms with van der Waals surface area (Å²) >= 11 is 0. The molecule has 1 aromatic rings. The lowest BCUT2D eigenvalue weighted by molar-refractivity contribution is -0.117. The molecule has 1 aromatic carbocycles. The highest BCUT2D eigenvalue weighted by Gasteiger charge is 2.14. The van der Waals surface area contributed by atoms with E-state index in [2.05, 4.69) is 17.3 Å². The number of phenols is 1. The fourth-order valence-electron chi connectivity index (χ4n) is 2.35. The molecule has 0 aromatic heterocycles. The predicted molar refractivity (Wildman–Crippen MR) is 87.6 cm³/mol. The first-order valence-corrected chi connectivity index (χ1v) is 7.69. The standard InChI is InChI=1S/C17H22N4O2/c1-20-8-10-21(11-9-20)13-15(12-18)17(23)19-7-6-14-2-4-16(22)5-3-14/h2-5,13,22H,6-11H2,1H3,(H,19,23)/b15-13-. The number of hydrogen-bond acceptors (Lipinski definition) is 5. The van der Waals surface area contributed by atoms with Gasteiger partial charge in [-0.2, -0.15) is 5.26 Å². The molecule has 1 fully saturated rings. The maximum Gasteiger partial charge on any atom is 0.263 e. The lowest BCUT2D eigenvalue weighted by atomic mass is 10.1. The van der Waals surface area contributed by atoms with Crippen LogP contribution >= 0.6 is 0 Å². The Morgan fingerprint density at radius 1 is 1.30 bits per heavy atom. The molecule has 0 aliphatic carbocycles. The molecule has 1 amide bonds. The molecular formula is C17H22N4O2. The number of nitriles is 1. The Morgan fingerprint density at radius 2 is 1.96 bits per heavy atom. The average Bonchev–Trinajstić information content (AvgIpc) is 2.56. The Labute approximate surface area is 136 Å². The molecule has 122 valence electrons. The summed E-state index contributed by atoms with van der Waals surface area (Å²) in [6, 6.07) is 8.83. The highest BCUT2D eigenvalue weighted by molar-refractivity contribution is 5.97. The monoisotopic (exact) mass is 314 g/mol. The Balaban J connectivity index is 1.83. The van der Waals surface area contributed by atoms with Crippen molar-refractivity contribution >= 4 is 5.91 Å². The van der Waals surface area contributed by atoms with Crippen LogP contribution in [-0.2, 0) is 11.2 Å². The lowest BCUT2D eigenvalue weighted by Crippen LogP contribution is -2.42. The van der Waals surface area contributed by atoms with Crippen molar-refractivity contribution in [1.29, 1.82) is 5.26 Å². The molecule has 1 aliphatic rings. The van der Waals surface area contributed by atoms with Gasteiger partial charge in [-0.3, -0.25) is 4.79 Å². The molecule has 2 rings (SSSR count). The van der Waals surface area contributed by atoms with E-state index in [0.717, 1.165) is 31.7 Å². The van der Waals surface area contributed by atoms with Crippen LogP contribution in [-0.4, -0.2) is 60.6 Å². The summed E-state index contributed by atoms with van der Waals surface area (Å²) in [7, 11) is 2.06. The van der Waals surface area contributed by atoms with Gasteiger partial charge in [0.1, 0.15) is 17.4 Å². The van der Waals surface area contributed by atoms with Crippen molar-refractivity contribution in [2.45, 2.75) is 6.42 Å². The molecule has 0 unspecified atom stereocenters. The average molecular weight is 314 g/mol. The van der Waals surface area contributed by atoms with Gasteiger partial charge in [0.05, 0.1) is 0 Å². The van der Waals surface area contributed by atoms with Crippen LogP contribution < -0.4 is 5.32 Å². The van der Waals surface area contributed by atoms with Crippen LogP contribution in [0.2, 0.25) is 0 Å². The molecule has 0 radical (unpaired) electrons. The van der Waals surface area contributed by atoms with Crippen molar-refractivity contribution in [1.82, 2.24) is 15.1 Å². The number of hydrogen-bond donors (Lipinski definition) is 2. The van der Waals surface area contributed by atoms with Gasteiger partial charge < -0.3 is 20.2 Å². The quantitative estimate of drug-likeness (QED) is 0.618. The second kappa shape index (κ2) is 8.20. The van der Waals surface area contributed by atoms with Gasteiger partial charge in [-0.05, 0) is 31.2 Å². The first-order chi connectivity index (χ1) is 11.1. The van der Waals surface area contributed by atoms with E-state index in [9.17, 15) is 15.2 Å². The summed E-state index contributed by atoms with van der Waals surface area (Å²) in [6.45, 7) is 3.95. The van der Waals surface area contributed by atoms with Crippen molar-refractivity contribution in [3.8, 4) is 11.8 Å². The minimum absolute atomic E-state index is 0.139. The highest BCUT2D eigenvalue weighted by atomic mass is 16.3. The van der Waals surface area contributed by atoms with Crippen LogP contribution in [0.3, 0.4) is 0 Å². The lowest BCUT2D eigenvalue weighted by Gasteiger charge is -2.31. The van der Waals surface area contributed by atoms with Crippen molar-refractivity contribution in [2.24, 2.45) is 0 Å². The molecule has 1 heterocycles. The third-order valence-corrected chi connectivity index (χ3v) is 3.85. The topological polar surface area (TPSA) is 79.6 Å². The normalized spacial score (nSPS) is 16.0. The minimum atomic E-state index is -0.342. The third-order valence-electron chi connectivity index (χ3n) is 3.85. The number of aromatic hydroxyl groups is 1. The molecule has 0 bridgehead atoms. The minimum Gasteiger partial charge on any atom is -0.508 e. The fraction of sp³-hybridized carbons (Fsp3) is 0.412. The van der Waals surface area contributed by atoms with E-state index in [1.165, 1.54) is 0 Å². The third kappa shape index (κ3) is 5.31. The first kappa shape index (κ1) is 16.8. The zero-order valence-electron chi connectivity index (χ0n) is 13.3. The van der Waals surface area contributed by atoms with Gasteiger partial charge in [0, 0.05) is 38.9 Å². The van der Waals surface area contributed by atoms with E-state index in [1.807, 2.05) is 23.1 Å². The summed E-state index contributed by atoms with van der Waals surface area (Å²) in [5.74, 6) is -0.120. The molecular weight excluding hydrogens is 292 g/mol. The molecule has 0 spiro atoms. The van der Waals surface area contributed by atoms with E-state index in [0.29, 0.717) is 13.0 Å². The number of rotatable bonds is 5. The van der Waals surface area contributed by atoms with Crippen molar-refractivity contribution < 1.29 is 9.90 Å². The molecule has 1 saturated heterocycles. The summed E-state index contributed by atoms with van der Waals surface area (Å²) in [4.78, 5) is 16.3. The Morgan fingerprint density at radius 3 is 2.57 bits per heavy atom. The van der Waals surface area contributed by atoms with Crippen LogP contribution in [0, 0.1) is 11.3 Å². The second-order valence-corrected chi connectivity index (χ2v) is 5.67. The van der Waals surface area contributed by atoms with Gasteiger partial charge in [-0.25, -0.2) is 0 Å². The number of benzene rings is 1. The smallest absolute Gasteiger partial charge is 0.263 e. The highest BCUT2D eigenvalue weighted by Crippen LogP contribution is 2.09. The van der Waals surface area contributed by atoms with E-state index in [4.69, 9.17) is 0 Å². The van der Waals surface area contributed by atoms with E-state index >= 15 is 0 Å². The van der Waals surface area contributed by atoms with E-state index in [1.54, 1.807) is 18.3 Å². The molecule has 6 nitrogen and oxygen atoms in total. The molecule has 2 N–H and O–H groups in total. The Hall–Kier alpha value is -2.52. The molecule has 23 heavy (non-hydrogen) atoms. The van der Waals surface area contributed by atoms with Crippen molar-refractivity contribution in [3.63, 3.8) is 0 Å². The van der Waals surface area contributed by atoms with Crippen LogP contribution in [0.1, 0.15) is 5.56 Å². The van der Waals surface area contributed by atoms with Crippen molar-refractivity contribution in [2.75, 3.05) is 39.8 Å². The SMILES string of the molecule is CN1CCN(/C=C(/C#N)C(=O)NCCc2ccc(O)cc2)CC1. The summed E-state index contributed by atoms with van der Waals surface area (Å²) < 4.78 is 0. The Bertz CT molecular complexity index is 596. The molecule has 6 heteroatoms. The predicted octanol–water partition coefficient (Wildman–Crippen LogP) is 0.706. The fourth-order valence-corrected chi connectivity index (χ4v) is 2.35. The van der Waals surface area contributed by atoms with Crippen molar-refractivity contribution in [3.05, 3.63) is 41.6 Å². The molecule has 1 aliphatic heterocycles. The number of piperazine rings is 1. The van der Waals surface area contributed by atoms with Gasteiger partial charge >= 0.3 is 0 Å². The van der Waals surface area contributed by atoms with Crippen LogP contribution in [0.25, 0.3) is 0 Å². The number of carbonyl (C=O) groups is 1. The van der Waals surface area contributed by atoms with Gasteiger partial charge in [-0.1, -0.05) is 12.1 Å². The van der Waals surface area contributed by atoms with Gasteiger partial charge in [0.2, 0.25) is 0 Å². The summed E-state index contributed by atoms with van der Waals surface area (Å²) in [6.07, 6.45) is 2.31. The van der Waals surface area contributed by atoms with Crippen LogP contribution in [0.4, 0.5) is 0 Å². The number of nitrogens with zero attached hydrogens (tertiary/aromatic N) is 3. The molecule has 0 saturated carbocycles. The van der Waals surface area contributed by atoms with Gasteiger partial charge in [0.15, 0.2) is 0 Å².